The van der Waals surface area contributed by atoms with E-state index in [4.69, 9.17) is 5.73 Å². The molecular weight excluding hydrogens is 271 g/mol. The molecule has 0 aromatic heterocycles. The lowest BCUT2D eigenvalue weighted by Crippen LogP contribution is -2.19. The minimum atomic E-state index is -1.59. The van der Waals surface area contributed by atoms with Crippen molar-refractivity contribution in [1.29, 1.82) is 0 Å². The zero-order valence-electron chi connectivity index (χ0n) is 10.1. The van der Waals surface area contributed by atoms with Crippen LogP contribution < -0.4 is 16.4 Å². The first kappa shape index (κ1) is 13.7. The minimum absolute atomic E-state index is 0.206. The summed E-state index contributed by atoms with van der Waals surface area (Å²) in [5, 5.41) is 4.60. The van der Waals surface area contributed by atoms with Crippen LogP contribution >= 0.6 is 0 Å². The van der Waals surface area contributed by atoms with Gasteiger partial charge < -0.3 is 16.4 Å². The molecule has 0 saturated carbocycles. The minimum Gasteiger partial charge on any atom is -0.399 e. The molecule has 0 heterocycles. The van der Waals surface area contributed by atoms with Crippen LogP contribution in [-0.4, -0.2) is 6.03 Å². The Bertz CT molecular complexity index is 638. The Balaban J connectivity index is 2.09. The van der Waals surface area contributed by atoms with Crippen LogP contribution in [0.1, 0.15) is 0 Å². The number of nitrogens with two attached hydrogens (primary N) is 1. The summed E-state index contributed by atoms with van der Waals surface area (Å²) in [6.07, 6.45) is 0. The molecule has 0 unspecified atom stereocenters. The van der Waals surface area contributed by atoms with Crippen molar-refractivity contribution in [3.63, 3.8) is 0 Å². The maximum Gasteiger partial charge on any atom is 0.323 e. The molecule has 0 bridgehead atoms. The fraction of sp³-hybridized carbons (Fsp3) is 0. The van der Waals surface area contributed by atoms with E-state index >= 15 is 0 Å². The van der Waals surface area contributed by atoms with Crippen LogP contribution in [0.15, 0.2) is 36.4 Å². The SMILES string of the molecule is Nc1cccc(NC(=O)Nc2cc(F)c(F)c(F)c2)c1. The molecule has 2 amide bonds. The zero-order valence-corrected chi connectivity index (χ0v) is 10.1. The molecule has 4 N–H and O–H groups in total. The van der Waals surface area contributed by atoms with Gasteiger partial charge in [-0.25, -0.2) is 18.0 Å². The molecule has 2 aromatic rings. The molecule has 0 fully saturated rings. The third-order valence-corrected chi connectivity index (χ3v) is 2.39. The standard InChI is InChI=1S/C13H10F3N3O/c14-10-5-9(6-11(15)12(10)16)19-13(20)18-8-3-1-2-7(17)4-8/h1-6H,17H2,(H2,18,19,20). The highest BCUT2D eigenvalue weighted by atomic mass is 19.2. The van der Waals surface area contributed by atoms with Crippen molar-refractivity contribution in [1.82, 2.24) is 0 Å². The molecule has 0 aliphatic carbocycles. The van der Waals surface area contributed by atoms with Crippen molar-refractivity contribution >= 4 is 23.1 Å². The smallest absolute Gasteiger partial charge is 0.323 e. The number of hydrogen-bond donors (Lipinski definition) is 3. The summed E-state index contributed by atoms with van der Waals surface area (Å²) < 4.78 is 38.7. The van der Waals surface area contributed by atoms with E-state index in [0.29, 0.717) is 23.5 Å². The van der Waals surface area contributed by atoms with Crippen LogP contribution in [0.4, 0.5) is 35.0 Å². The molecule has 0 saturated heterocycles. The van der Waals surface area contributed by atoms with Crippen molar-refractivity contribution in [3.8, 4) is 0 Å². The van der Waals surface area contributed by atoms with Gasteiger partial charge in [-0.2, -0.15) is 0 Å². The first-order valence-electron chi connectivity index (χ1n) is 5.54. The molecule has 104 valence electrons. The van der Waals surface area contributed by atoms with E-state index in [1.807, 2.05) is 0 Å². The Morgan fingerprint density at radius 2 is 1.55 bits per heavy atom. The number of hydrogen-bond acceptors (Lipinski definition) is 2. The number of carbonyl (C=O) groups excluding carboxylic acids is 1. The second-order valence-corrected chi connectivity index (χ2v) is 3.96. The number of anilines is 3. The fourth-order valence-corrected chi connectivity index (χ4v) is 1.54. The van der Waals surface area contributed by atoms with Crippen LogP contribution in [0.3, 0.4) is 0 Å². The Morgan fingerprint density at radius 3 is 2.15 bits per heavy atom. The van der Waals surface area contributed by atoms with E-state index in [9.17, 15) is 18.0 Å². The van der Waals surface area contributed by atoms with Crippen molar-refractivity contribution in [3.05, 3.63) is 53.8 Å². The van der Waals surface area contributed by atoms with Crippen LogP contribution in [0.5, 0.6) is 0 Å². The molecule has 0 aliphatic rings. The van der Waals surface area contributed by atoms with Crippen LogP contribution in [0, 0.1) is 17.5 Å². The largest absolute Gasteiger partial charge is 0.399 e. The maximum absolute atomic E-state index is 13.0. The number of halogens is 3. The van der Waals surface area contributed by atoms with E-state index in [2.05, 4.69) is 10.6 Å². The lowest BCUT2D eigenvalue weighted by molar-refractivity contribution is 0.262. The average molecular weight is 281 g/mol. The van der Waals surface area contributed by atoms with Gasteiger partial charge in [-0.3, -0.25) is 0 Å². The Hall–Kier alpha value is -2.70. The number of nitrogens with one attached hydrogen (secondary N) is 2. The van der Waals surface area contributed by atoms with Gasteiger partial charge in [0.2, 0.25) is 0 Å². The molecule has 20 heavy (non-hydrogen) atoms. The third kappa shape index (κ3) is 3.19. The van der Waals surface area contributed by atoms with Crippen LogP contribution in [-0.2, 0) is 0 Å². The van der Waals surface area contributed by atoms with Crippen molar-refractivity contribution < 1.29 is 18.0 Å². The molecule has 2 rings (SSSR count). The van der Waals surface area contributed by atoms with Gasteiger partial charge in [0.25, 0.3) is 0 Å². The van der Waals surface area contributed by atoms with E-state index in [1.54, 1.807) is 18.2 Å². The highest BCUT2D eigenvalue weighted by Gasteiger charge is 2.12. The number of carbonyl (C=O) groups is 1. The highest BCUT2D eigenvalue weighted by molar-refractivity contribution is 5.99. The third-order valence-electron chi connectivity index (χ3n) is 2.39. The Kier molecular flexibility index (Phi) is 3.79. The van der Waals surface area contributed by atoms with Gasteiger partial charge in [-0.15, -0.1) is 0 Å². The Labute approximate surface area is 112 Å². The summed E-state index contributed by atoms with van der Waals surface area (Å²) in [5.74, 6) is -4.36. The molecule has 0 spiro atoms. The van der Waals surface area contributed by atoms with Gasteiger partial charge >= 0.3 is 6.03 Å². The lowest BCUT2D eigenvalue weighted by atomic mass is 10.3. The maximum atomic E-state index is 13.0. The second kappa shape index (κ2) is 5.52. The molecule has 4 nitrogen and oxygen atoms in total. The molecular formula is C13H10F3N3O. The predicted molar refractivity (Wildman–Crippen MR) is 69.8 cm³/mol. The number of benzene rings is 2. The lowest BCUT2D eigenvalue weighted by Gasteiger charge is -2.08. The van der Waals surface area contributed by atoms with E-state index < -0.39 is 23.5 Å². The summed E-state index contributed by atoms with van der Waals surface area (Å²) in [6.45, 7) is 0. The van der Waals surface area contributed by atoms with Gasteiger partial charge in [-0.05, 0) is 18.2 Å². The quantitative estimate of drug-likeness (QED) is 0.584. The zero-order chi connectivity index (χ0) is 14.7. The average Bonchev–Trinajstić information content (AvgIpc) is 2.35. The summed E-state index contributed by atoms with van der Waals surface area (Å²) in [4.78, 5) is 11.6. The Morgan fingerprint density at radius 1 is 0.950 bits per heavy atom. The van der Waals surface area contributed by atoms with Gasteiger partial charge in [0, 0.05) is 29.2 Å². The van der Waals surface area contributed by atoms with Crippen LogP contribution in [0.2, 0.25) is 0 Å². The molecule has 0 radical (unpaired) electrons. The number of urea groups is 1. The number of nitrogen functional groups attached to an aromatic ring is 1. The van der Waals surface area contributed by atoms with E-state index in [-0.39, 0.29) is 5.69 Å². The second-order valence-electron chi connectivity index (χ2n) is 3.96. The summed E-state index contributed by atoms with van der Waals surface area (Å²) in [5.41, 5.74) is 6.18. The van der Waals surface area contributed by atoms with Gasteiger partial charge in [-0.1, -0.05) is 6.07 Å². The highest BCUT2D eigenvalue weighted by Crippen LogP contribution is 2.18. The fourth-order valence-electron chi connectivity index (χ4n) is 1.54. The molecule has 0 atom stereocenters. The number of amides is 2. The summed E-state index contributed by atoms with van der Waals surface area (Å²) in [7, 11) is 0. The summed E-state index contributed by atoms with van der Waals surface area (Å²) >= 11 is 0. The van der Waals surface area contributed by atoms with Crippen LogP contribution in [0.25, 0.3) is 0 Å². The predicted octanol–water partition coefficient (Wildman–Crippen LogP) is 3.33. The van der Waals surface area contributed by atoms with Crippen molar-refractivity contribution in [2.75, 3.05) is 16.4 Å². The van der Waals surface area contributed by atoms with Gasteiger partial charge in [0.15, 0.2) is 17.5 Å². The number of rotatable bonds is 2. The normalized spacial score (nSPS) is 10.2. The molecule has 2 aromatic carbocycles. The summed E-state index contributed by atoms with van der Waals surface area (Å²) in [6, 6.07) is 6.97. The van der Waals surface area contributed by atoms with E-state index in [1.165, 1.54) is 6.07 Å². The van der Waals surface area contributed by atoms with Crippen molar-refractivity contribution in [2.24, 2.45) is 0 Å². The first-order valence-corrected chi connectivity index (χ1v) is 5.54. The van der Waals surface area contributed by atoms with Gasteiger partial charge in [0.1, 0.15) is 0 Å². The molecule has 0 aliphatic heterocycles. The van der Waals surface area contributed by atoms with E-state index in [0.717, 1.165) is 0 Å². The van der Waals surface area contributed by atoms with Crippen molar-refractivity contribution in [2.45, 2.75) is 0 Å². The monoisotopic (exact) mass is 281 g/mol. The topological polar surface area (TPSA) is 67.1 Å². The molecule has 7 heteroatoms. The van der Waals surface area contributed by atoms with Gasteiger partial charge in [0.05, 0.1) is 0 Å². The first-order chi connectivity index (χ1) is 9.45.